The SMILES string of the molecule is CN(C)S(=O)(=O)c1c(N)nsc1NCC(F)(F)C(F)F. The summed E-state index contributed by atoms with van der Waals surface area (Å²) < 4.78 is 77.9. The van der Waals surface area contributed by atoms with Crippen LogP contribution in [-0.4, -0.2) is 50.1 Å². The van der Waals surface area contributed by atoms with Crippen LogP contribution in [0, 0.1) is 0 Å². The Hall–Kier alpha value is -1.14. The van der Waals surface area contributed by atoms with Crippen molar-refractivity contribution in [2.45, 2.75) is 17.2 Å². The molecule has 116 valence electrons. The van der Waals surface area contributed by atoms with E-state index < -0.39 is 33.8 Å². The molecule has 0 aliphatic heterocycles. The number of nitrogens with zero attached hydrogens (tertiary/aromatic N) is 2. The maximum Gasteiger partial charge on any atom is 0.324 e. The largest absolute Gasteiger partial charge is 0.382 e. The van der Waals surface area contributed by atoms with Gasteiger partial charge in [-0.1, -0.05) is 0 Å². The molecule has 0 saturated carbocycles. The summed E-state index contributed by atoms with van der Waals surface area (Å²) in [5, 5.41) is 1.65. The van der Waals surface area contributed by atoms with Gasteiger partial charge in [0.25, 0.3) is 0 Å². The van der Waals surface area contributed by atoms with Gasteiger partial charge in [-0.3, -0.25) is 0 Å². The molecule has 6 nitrogen and oxygen atoms in total. The molecule has 0 amide bonds. The first-order valence-corrected chi connectivity index (χ1v) is 7.29. The number of rotatable bonds is 6. The van der Waals surface area contributed by atoms with Gasteiger partial charge in [0.1, 0.15) is 5.00 Å². The van der Waals surface area contributed by atoms with E-state index in [0.717, 1.165) is 4.31 Å². The van der Waals surface area contributed by atoms with Gasteiger partial charge in [-0.2, -0.15) is 13.2 Å². The predicted molar refractivity (Wildman–Crippen MR) is 66.8 cm³/mol. The van der Waals surface area contributed by atoms with Crippen molar-refractivity contribution in [1.82, 2.24) is 8.68 Å². The molecule has 12 heteroatoms. The quantitative estimate of drug-likeness (QED) is 0.764. The summed E-state index contributed by atoms with van der Waals surface area (Å²) in [6, 6.07) is 0. The van der Waals surface area contributed by atoms with Gasteiger partial charge in [-0.05, 0) is 11.5 Å². The maximum atomic E-state index is 12.8. The minimum atomic E-state index is -4.29. The first-order chi connectivity index (χ1) is 9.00. The van der Waals surface area contributed by atoms with Crippen molar-refractivity contribution in [3.05, 3.63) is 0 Å². The Morgan fingerprint density at radius 1 is 1.45 bits per heavy atom. The fourth-order valence-corrected chi connectivity index (χ4v) is 3.19. The highest BCUT2D eigenvalue weighted by Gasteiger charge is 2.41. The summed E-state index contributed by atoms with van der Waals surface area (Å²) >= 11 is 0.503. The van der Waals surface area contributed by atoms with Gasteiger partial charge < -0.3 is 11.1 Å². The van der Waals surface area contributed by atoms with Gasteiger partial charge in [0.15, 0.2) is 10.7 Å². The minimum absolute atomic E-state index is 0.309. The minimum Gasteiger partial charge on any atom is -0.382 e. The van der Waals surface area contributed by atoms with Crippen molar-refractivity contribution in [3.8, 4) is 0 Å². The number of sulfonamides is 1. The molecule has 1 heterocycles. The lowest BCUT2D eigenvalue weighted by atomic mass is 10.3. The van der Waals surface area contributed by atoms with E-state index in [2.05, 4.69) is 4.37 Å². The Bertz CT molecular complexity index is 573. The van der Waals surface area contributed by atoms with Gasteiger partial charge in [-0.25, -0.2) is 21.5 Å². The van der Waals surface area contributed by atoms with Crippen LogP contribution in [-0.2, 0) is 10.0 Å². The van der Waals surface area contributed by atoms with Crippen LogP contribution in [0.2, 0.25) is 0 Å². The number of halogens is 4. The van der Waals surface area contributed by atoms with Crippen molar-refractivity contribution < 1.29 is 26.0 Å². The molecule has 0 aliphatic carbocycles. The summed E-state index contributed by atoms with van der Waals surface area (Å²) in [5.74, 6) is -4.68. The second-order valence-corrected chi connectivity index (χ2v) is 6.79. The van der Waals surface area contributed by atoms with E-state index in [1.54, 1.807) is 0 Å². The number of alkyl halides is 4. The second-order valence-electron chi connectivity index (χ2n) is 3.93. The molecule has 0 fully saturated rings. The van der Waals surface area contributed by atoms with E-state index in [1.165, 1.54) is 14.1 Å². The van der Waals surface area contributed by atoms with Crippen LogP contribution >= 0.6 is 11.5 Å². The van der Waals surface area contributed by atoms with E-state index >= 15 is 0 Å². The second kappa shape index (κ2) is 5.69. The first-order valence-electron chi connectivity index (χ1n) is 5.07. The number of aromatic nitrogens is 1. The van der Waals surface area contributed by atoms with Gasteiger partial charge in [-0.15, -0.1) is 0 Å². The lowest BCUT2D eigenvalue weighted by molar-refractivity contribution is -0.117. The number of nitrogens with two attached hydrogens (primary N) is 1. The van der Waals surface area contributed by atoms with Gasteiger partial charge in [0.05, 0.1) is 6.54 Å². The fourth-order valence-electron chi connectivity index (χ4n) is 1.11. The lowest BCUT2D eigenvalue weighted by Crippen LogP contribution is -2.35. The molecule has 1 aromatic heterocycles. The summed E-state index contributed by atoms with van der Waals surface area (Å²) in [6.07, 6.45) is -3.87. The Labute approximate surface area is 116 Å². The van der Waals surface area contributed by atoms with E-state index in [-0.39, 0.29) is 10.8 Å². The van der Waals surface area contributed by atoms with Gasteiger partial charge in [0, 0.05) is 14.1 Å². The highest BCUT2D eigenvalue weighted by atomic mass is 32.2. The van der Waals surface area contributed by atoms with Crippen LogP contribution in [0.5, 0.6) is 0 Å². The molecule has 0 bridgehead atoms. The molecule has 0 aliphatic rings. The monoisotopic (exact) mass is 336 g/mol. The molecule has 3 N–H and O–H groups in total. The van der Waals surface area contributed by atoms with Gasteiger partial charge in [0.2, 0.25) is 10.0 Å². The summed E-state index contributed by atoms with van der Waals surface area (Å²) in [6.45, 7) is -1.43. The third kappa shape index (κ3) is 3.30. The predicted octanol–water partition coefficient (Wildman–Crippen LogP) is 1.29. The fraction of sp³-hybridized carbons (Fsp3) is 0.625. The third-order valence-electron chi connectivity index (χ3n) is 2.22. The normalized spacial score (nSPS) is 13.2. The number of anilines is 2. The molecule has 0 saturated heterocycles. The smallest absolute Gasteiger partial charge is 0.324 e. The maximum absolute atomic E-state index is 12.8. The summed E-state index contributed by atoms with van der Waals surface area (Å²) in [5.41, 5.74) is 5.38. The van der Waals surface area contributed by atoms with Crippen LogP contribution in [0.1, 0.15) is 0 Å². The molecule has 20 heavy (non-hydrogen) atoms. The highest BCUT2D eigenvalue weighted by Crippen LogP contribution is 2.34. The first kappa shape index (κ1) is 16.9. The summed E-state index contributed by atoms with van der Waals surface area (Å²) in [7, 11) is -1.60. The van der Waals surface area contributed by atoms with Crippen LogP contribution in [0.4, 0.5) is 28.4 Å². The van der Waals surface area contributed by atoms with Crippen molar-refractivity contribution >= 4 is 32.4 Å². The molecular weight excluding hydrogens is 324 g/mol. The Morgan fingerprint density at radius 3 is 2.45 bits per heavy atom. The van der Waals surface area contributed by atoms with Crippen molar-refractivity contribution in [2.24, 2.45) is 0 Å². The van der Waals surface area contributed by atoms with E-state index in [0.29, 0.717) is 11.5 Å². The highest BCUT2D eigenvalue weighted by molar-refractivity contribution is 7.89. The van der Waals surface area contributed by atoms with Gasteiger partial charge >= 0.3 is 12.3 Å². The molecule has 0 aromatic carbocycles. The number of hydrogen-bond acceptors (Lipinski definition) is 6. The molecule has 0 radical (unpaired) electrons. The van der Waals surface area contributed by atoms with Crippen LogP contribution < -0.4 is 11.1 Å². The number of nitrogen functional groups attached to an aromatic ring is 1. The van der Waals surface area contributed by atoms with E-state index in [4.69, 9.17) is 5.73 Å². The molecule has 0 spiro atoms. The Balaban J connectivity index is 3.06. The zero-order chi connectivity index (χ0) is 15.7. The van der Waals surface area contributed by atoms with Crippen molar-refractivity contribution in [3.63, 3.8) is 0 Å². The number of nitrogens with one attached hydrogen (secondary N) is 1. The zero-order valence-electron chi connectivity index (χ0n) is 10.4. The molecule has 1 rings (SSSR count). The topological polar surface area (TPSA) is 88.3 Å². The van der Waals surface area contributed by atoms with Crippen LogP contribution in [0.15, 0.2) is 4.90 Å². The van der Waals surface area contributed by atoms with E-state index in [9.17, 15) is 26.0 Å². The Morgan fingerprint density at radius 2 is 2.00 bits per heavy atom. The molecule has 0 unspecified atom stereocenters. The van der Waals surface area contributed by atoms with Crippen molar-refractivity contribution in [1.29, 1.82) is 0 Å². The van der Waals surface area contributed by atoms with E-state index in [1.807, 2.05) is 5.32 Å². The summed E-state index contributed by atoms with van der Waals surface area (Å²) in [4.78, 5) is -0.502. The standard InChI is InChI=1S/C8H12F4N4O2S2/c1-16(2)20(17,18)4-5(13)15-19-6(4)14-3-8(11,12)7(9)10/h7,14H,3H2,1-2H3,(H2,13,15). The van der Waals surface area contributed by atoms with Crippen LogP contribution in [0.3, 0.4) is 0 Å². The molecule has 1 aromatic rings. The van der Waals surface area contributed by atoms with Crippen LogP contribution in [0.25, 0.3) is 0 Å². The lowest BCUT2D eigenvalue weighted by Gasteiger charge is -2.17. The molecule has 0 atom stereocenters. The Kier molecular flexibility index (Phi) is 4.82. The number of hydrogen-bond donors (Lipinski definition) is 2. The third-order valence-corrected chi connectivity index (χ3v) is 5.06. The average molecular weight is 336 g/mol. The van der Waals surface area contributed by atoms with Crippen molar-refractivity contribution in [2.75, 3.05) is 31.7 Å². The molecular formula is C8H12F4N4O2S2. The zero-order valence-corrected chi connectivity index (χ0v) is 12.0. The average Bonchev–Trinajstić information content (AvgIpc) is 2.68.